The molecule has 8 heteroatoms. The van der Waals surface area contributed by atoms with Gasteiger partial charge in [0.1, 0.15) is 0 Å². The highest BCUT2D eigenvalue weighted by Gasteiger charge is 2.48. The molecule has 1 aromatic rings. The molecule has 0 aromatic heterocycles. The average Bonchev–Trinajstić information content (AvgIpc) is 3.41. The topological polar surface area (TPSA) is 40.2 Å². The van der Waals surface area contributed by atoms with Crippen LogP contribution >= 0.6 is 0 Å². The van der Waals surface area contributed by atoms with E-state index in [4.69, 9.17) is 17.1 Å². The summed E-state index contributed by atoms with van der Waals surface area (Å²) in [6.07, 6.45) is 7.10. The van der Waals surface area contributed by atoms with Gasteiger partial charge in [-0.15, -0.1) is 0 Å². The minimum atomic E-state index is -2.40. The van der Waals surface area contributed by atoms with E-state index < -0.39 is 33.8 Å². The van der Waals surface area contributed by atoms with E-state index in [1.54, 1.807) is 0 Å². The fourth-order valence-corrected chi connectivity index (χ4v) is 23.6. The van der Waals surface area contributed by atoms with E-state index in [9.17, 15) is 0 Å². The molecule has 1 heterocycles. The standard InChI is InChI=1S/C24H46O4Si4/c1-29(2,3)26-31(7,18-16-21-12-10-9-11-13-21)28-32(8,27-30(4,5)6)19-17-22-14-15-23-24(20-22)25-23/h9-13,22-24H,14-20H2,1-8H3. The zero-order valence-corrected chi connectivity index (χ0v) is 25.7. The summed E-state index contributed by atoms with van der Waals surface area (Å²) in [5.74, 6) is 0.759. The molecule has 5 atom stereocenters. The maximum absolute atomic E-state index is 7.20. The van der Waals surface area contributed by atoms with Gasteiger partial charge in [0.25, 0.3) is 0 Å². The van der Waals surface area contributed by atoms with Gasteiger partial charge in [-0.25, -0.2) is 0 Å². The molecule has 4 nitrogen and oxygen atoms in total. The van der Waals surface area contributed by atoms with Crippen molar-refractivity contribution in [3.05, 3.63) is 35.9 Å². The first kappa shape index (κ1) is 26.5. The van der Waals surface area contributed by atoms with Gasteiger partial charge in [-0.2, -0.15) is 0 Å². The second-order valence-corrected chi connectivity index (χ2v) is 28.6. The number of fused-ring (bicyclic) bond motifs is 1. The molecular formula is C24H46O4Si4. The summed E-state index contributed by atoms with van der Waals surface area (Å²) >= 11 is 0. The molecule has 0 radical (unpaired) electrons. The number of benzene rings is 1. The second kappa shape index (κ2) is 10.3. The Hall–Kier alpha value is -0.0725. The van der Waals surface area contributed by atoms with Gasteiger partial charge in [0.2, 0.25) is 0 Å². The summed E-state index contributed by atoms with van der Waals surface area (Å²) in [5.41, 5.74) is 1.37. The molecule has 0 amide bonds. The van der Waals surface area contributed by atoms with Gasteiger partial charge in [0, 0.05) is 0 Å². The fraction of sp³-hybridized carbons (Fsp3) is 0.750. The highest BCUT2D eigenvalue weighted by Crippen LogP contribution is 2.42. The predicted molar refractivity (Wildman–Crippen MR) is 144 cm³/mol. The van der Waals surface area contributed by atoms with Crippen molar-refractivity contribution in [3.63, 3.8) is 0 Å². The lowest BCUT2D eigenvalue weighted by Gasteiger charge is -2.43. The smallest absolute Gasteiger partial charge is 0.316 e. The van der Waals surface area contributed by atoms with Crippen molar-refractivity contribution in [2.75, 3.05) is 0 Å². The third-order valence-corrected chi connectivity index (χ3v) is 20.5. The van der Waals surface area contributed by atoms with Gasteiger partial charge in [0.05, 0.1) is 12.2 Å². The SMILES string of the molecule is C[Si](C)(C)O[Si](C)(CCc1ccccc1)O[Si](C)(CCC1CCC2OC2C1)O[Si](C)(C)C. The molecule has 1 saturated carbocycles. The average molecular weight is 511 g/mol. The Labute approximate surface area is 201 Å². The highest BCUT2D eigenvalue weighted by atomic mass is 28.5. The van der Waals surface area contributed by atoms with Crippen molar-refractivity contribution < 1.29 is 17.1 Å². The van der Waals surface area contributed by atoms with Gasteiger partial charge >= 0.3 is 17.1 Å². The molecular weight excluding hydrogens is 465 g/mol. The maximum Gasteiger partial charge on any atom is 0.316 e. The maximum atomic E-state index is 7.20. The first-order valence-electron chi connectivity index (χ1n) is 12.5. The number of hydrogen-bond acceptors (Lipinski definition) is 4. The summed E-state index contributed by atoms with van der Waals surface area (Å²) in [7, 11) is -8.26. The van der Waals surface area contributed by atoms with Crippen LogP contribution in [0.5, 0.6) is 0 Å². The molecule has 1 saturated heterocycles. The van der Waals surface area contributed by atoms with Crippen LogP contribution in [0.15, 0.2) is 30.3 Å². The van der Waals surface area contributed by atoms with Gasteiger partial charge in [-0.05, 0) is 108 Å². The quantitative estimate of drug-likeness (QED) is 0.223. The third kappa shape index (κ3) is 8.94. The summed E-state index contributed by atoms with van der Waals surface area (Å²) in [5, 5.41) is 0. The van der Waals surface area contributed by atoms with Crippen LogP contribution in [0.4, 0.5) is 0 Å². The highest BCUT2D eigenvalue weighted by molar-refractivity contribution is 6.89. The van der Waals surface area contributed by atoms with E-state index in [1.807, 2.05) is 0 Å². The molecule has 0 spiro atoms. The van der Waals surface area contributed by atoms with Crippen LogP contribution in [0.2, 0.25) is 64.5 Å². The molecule has 2 fully saturated rings. The van der Waals surface area contributed by atoms with Crippen molar-refractivity contribution in [3.8, 4) is 0 Å². The largest absolute Gasteiger partial charge is 0.437 e. The van der Waals surface area contributed by atoms with E-state index in [0.717, 1.165) is 24.4 Å². The van der Waals surface area contributed by atoms with E-state index in [1.165, 1.54) is 31.2 Å². The van der Waals surface area contributed by atoms with Crippen molar-refractivity contribution in [1.82, 2.24) is 0 Å². The Morgan fingerprint density at radius 1 is 0.750 bits per heavy atom. The first-order valence-corrected chi connectivity index (χ1v) is 24.4. The van der Waals surface area contributed by atoms with Gasteiger partial charge in [-0.3, -0.25) is 0 Å². The molecule has 182 valence electrons. The van der Waals surface area contributed by atoms with Crippen LogP contribution in [-0.4, -0.2) is 46.0 Å². The summed E-state index contributed by atoms with van der Waals surface area (Å²) in [6.45, 7) is 18.4. The molecule has 32 heavy (non-hydrogen) atoms. The minimum Gasteiger partial charge on any atom is -0.437 e. The third-order valence-electron chi connectivity index (χ3n) is 6.31. The Kier molecular flexibility index (Phi) is 8.52. The molecule has 0 bridgehead atoms. The van der Waals surface area contributed by atoms with Crippen molar-refractivity contribution in [2.45, 2.75) is 109 Å². The van der Waals surface area contributed by atoms with Crippen LogP contribution in [-0.2, 0) is 23.5 Å². The van der Waals surface area contributed by atoms with Crippen LogP contribution in [0.3, 0.4) is 0 Å². The summed E-state index contributed by atoms with van der Waals surface area (Å²) in [4.78, 5) is 0. The molecule has 3 rings (SSSR count). The zero-order chi connectivity index (χ0) is 23.6. The summed E-state index contributed by atoms with van der Waals surface area (Å²) in [6, 6.07) is 12.8. The number of rotatable bonds is 12. The summed E-state index contributed by atoms with van der Waals surface area (Å²) < 4.78 is 26.8. The van der Waals surface area contributed by atoms with Crippen molar-refractivity contribution in [1.29, 1.82) is 0 Å². The molecule has 1 aliphatic heterocycles. The number of ether oxygens (including phenoxy) is 1. The lowest BCUT2D eigenvalue weighted by atomic mass is 9.88. The number of epoxide rings is 1. The normalized spacial score (nSPS) is 27.3. The molecule has 2 aliphatic rings. The zero-order valence-electron chi connectivity index (χ0n) is 21.7. The van der Waals surface area contributed by atoms with Gasteiger partial charge in [0.15, 0.2) is 16.6 Å². The first-order chi connectivity index (χ1) is 14.7. The number of hydrogen-bond donors (Lipinski definition) is 0. The van der Waals surface area contributed by atoms with Crippen molar-refractivity contribution >= 4 is 33.8 Å². The van der Waals surface area contributed by atoms with Crippen molar-refractivity contribution in [2.24, 2.45) is 5.92 Å². The van der Waals surface area contributed by atoms with Crippen LogP contribution < -0.4 is 0 Å². The molecule has 5 unspecified atom stereocenters. The minimum absolute atomic E-state index is 0.543. The fourth-order valence-electron chi connectivity index (χ4n) is 5.23. The lowest BCUT2D eigenvalue weighted by molar-refractivity contribution is 0.303. The Morgan fingerprint density at radius 3 is 1.91 bits per heavy atom. The second-order valence-electron chi connectivity index (χ2n) is 12.2. The number of aryl methyl sites for hydroxylation is 1. The predicted octanol–water partition coefficient (Wildman–Crippen LogP) is 7.05. The van der Waals surface area contributed by atoms with E-state index in [0.29, 0.717) is 12.2 Å². The van der Waals surface area contributed by atoms with Gasteiger partial charge < -0.3 is 17.1 Å². The van der Waals surface area contributed by atoms with Crippen LogP contribution in [0, 0.1) is 5.92 Å². The molecule has 1 aliphatic carbocycles. The molecule has 0 N–H and O–H groups in total. The van der Waals surface area contributed by atoms with E-state index >= 15 is 0 Å². The van der Waals surface area contributed by atoms with E-state index in [2.05, 4.69) is 82.7 Å². The lowest BCUT2D eigenvalue weighted by Crippen LogP contribution is -2.58. The van der Waals surface area contributed by atoms with Crippen LogP contribution in [0.25, 0.3) is 0 Å². The Balaban J connectivity index is 1.72. The van der Waals surface area contributed by atoms with E-state index in [-0.39, 0.29) is 0 Å². The Morgan fingerprint density at radius 2 is 1.34 bits per heavy atom. The van der Waals surface area contributed by atoms with Gasteiger partial charge in [-0.1, -0.05) is 30.3 Å². The van der Waals surface area contributed by atoms with Crippen LogP contribution in [0.1, 0.15) is 31.2 Å². The molecule has 1 aromatic carbocycles. The monoisotopic (exact) mass is 510 g/mol. The Bertz CT molecular complexity index is 736.